The molecule has 2 aromatic carbocycles. The maximum Gasteiger partial charge on any atom is 0.406 e. The number of aromatic nitrogens is 1. The van der Waals surface area contributed by atoms with Crippen LogP contribution in [-0.4, -0.2) is 9.91 Å². The highest BCUT2D eigenvalue weighted by Gasteiger charge is 2.16. The van der Waals surface area contributed by atoms with E-state index in [-0.39, 0.29) is 18.2 Å². The van der Waals surface area contributed by atoms with Gasteiger partial charge in [0.2, 0.25) is 5.75 Å². The quantitative estimate of drug-likeness (QED) is 0.498. The zero-order chi connectivity index (χ0) is 16.8. The molecule has 0 N–H and O–H groups in total. The molecule has 0 bridgehead atoms. The SMILES string of the molecule is O=[N+]([O-])c1ncccc1OCc1ccccc1Oc1ccccc1. The second-order valence-corrected chi connectivity index (χ2v) is 4.89. The van der Waals surface area contributed by atoms with Crippen LogP contribution in [0.2, 0.25) is 0 Å². The largest absolute Gasteiger partial charge is 0.481 e. The second-order valence-electron chi connectivity index (χ2n) is 4.89. The average molecular weight is 322 g/mol. The third-order valence-corrected chi connectivity index (χ3v) is 3.25. The summed E-state index contributed by atoms with van der Waals surface area (Å²) in [7, 11) is 0. The Morgan fingerprint density at radius 1 is 0.917 bits per heavy atom. The summed E-state index contributed by atoms with van der Waals surface area (Å²) in [6, 6.07) is 19.9. The van der Waals surface area contributed by atoms with Gasteiger partial charge < -0.3 is 19.6 Å². The third-order valence-electron chi connectivity index (χ3n) is 3.25. The molecule has 6 nitrogen and oxygen atoms in total. The van der Waals surface area contributed by atoms with Gasteiger partial charge in [-0.1, -0.05) is 36.4 Å². The van der Waals surface area contributed by atoms with Crippen molar-refractivity contribution in [1.82, 2.24) is 4.98 Å². The molecule has 0 atom stereocenters. The van der Waals surface area contributed by atoms with Gasteiger partial charge in [-0.2, -0.15) is 0 Å². The molecule has 6 heteroatoms. The molecule has 0 spiro atoms. The van der Waals surface area contributed by atoms with Crippen molar-refractivity contribution in [3.8, 4) is 17.2 Å². The smallest absolute Gasteiger partial charge is 0.406 e. The van der Waals surface area contributed by atoms with Crippen LogP contribution in [0.1, 0.15) is 5.56 Å². The van der Waals surface area contributed by atoms with E-state index in [1.807, 2.05) is 54.6 Å². The average Bonchev–Trinajstić information content (AvgIpc) is 2.62. The molecular formula is C18H14N2O4. The van der Waals surface area contributed by atoms with Gasteiger partial charge in [0, 0.05) is 5.56 Å². The maximum atomic E-state index is 11.0. The summed E-state index contributed by atoms with van der Waals surface area (Å²) in [5.74, 6) is 1.16. The third kappa shape index (κ3) is 3.67. The van der Waals surface area contributed by atoms with E-state index in [0.29, 0.717) is 11.5 Å². The normalized spacial score (nSPS) is 10.2. The van der Waals surface area contributed by atoms with Crippen molar-refractivity contribution in [3.63, 3.8) is 0 Å². The lowest BCUT2D eigenvalue weighted by atomic mass is 10.2. The predicted molar refractivity (Wildman–Crippen MR) is 88.2 cm³/mol. The zero-order valence-corrected chi connectivity index (χ0v) is 12.7. The first-order valence-corrected chi connectivity index (χ1v) is 7.27. The fourth-order valence-corrected chi connectivity index (χ4v) is 2.13. The van der Waals surface area contributed by atoms with Gasteiger partial charge in [0.25, 0.3) is 0 Å². The molecule has 3 rings (SSSR count). The van der Waals surface area contributed by atoms with Crippen molar-refractivity contribution >= 4 is 5.82 Å². The van der Waals surface area contributed by atoms with Gasteiger partial charge in [-0.15, -0.1) is 0 Å². The monoisotopic (exact) mass is 322 g/mol. The van der Waals surface area contributed by atoms with Crippen LogP contribution in [0.5, 0.6) is 17.2 Å². The van der Waals surface area contributed by atoms with E-state index in [9.17, 15) is 10.1 Å². The fraction of sp³-hybridized carbons (Fsp3) is 0.0556. The molecule has 0 saturated carbocycles. The summed E-state index contributed by atoms with van der Waals surface area (Å²) < 4.78 is 11.4. The van der Waals surface area contributed by atoms with Crippen LogP contribution < -0.4 is 9.47 Å². The van der Waals surface area contributed by atoms with Gasteiger partial charge >= 0.3 is 5.82 Å². The summed E-state index contributed by atoms with van der Waals surface area (Å²) >= 11 is 0. The Kier molecular flexibility index (Phi) is 4.67. The summed E-state index contributed by atoms with van der Waals surface area (Å²) in [6.07, 6.45) is 1.36. The van der Waals surface area contributed by atoms with Gasteiger partial charge in [-0.05, 0) is 40.2 Å². The predicted octanol–water partition coefficient (Wildman–Crippen LogP) is 4.36. The molecule has 0 amide bonds. The van der Waals surface area contributed by atoms with E-state index in [0.717, 1.165) is 5.56 Å². The van der Waals surface area contributed by atoms with Crippen LogP contribution in [-0.2, 0) is 6.61 Å². The lowest BCUT2D eigenvalue weighted by Crippen LogP contribution is -2.02. The standard InChI is InChI=1S/C18H14N2O4/c21-20(22)18-17(11-6-12-19-18)23-13-14-7-4-5-10-16(14)24-15-8-2-1-3-9-15/h1-12H,13H2. The Morgan fingerprint density at radius 3 is 2.42 bits per heavy atom. The molecule has 0 radical (unpaired) electrons. The van der Waals surface area contributed by atoms with Crippen LogP contribution >= 0.6 is 0 Å². The Labute approximate surface area is 138 Å². The highest BCUT2D eigenvalue weighted by molar-refractivity contribution is 5.40. The maximum absolute atomic E-state index is 11.0. The molecule has 3 aromatic rings. The van der Waals surface area contributed by atoms with E-state index in [2.05, 4.69) is 4.98 Å². The van der Waals surface area contributed by atoms with Crippen molar-refractivity contribution in [1.29, 1.82) is 0 Å². The molecule has 1 heterocycles. The second kappa shape index (κ2) is 7.23. The van der Waals surface area contributed by atoms with Crippen molar-refractivity contribution in [2.45, 2.75) is 6.61 Å². The number of nitro groups is 1. The van der Waals surface area contributed by atoms with Crippen molar-refractivity contribution < 1.29 is 14.4 Å². The molecule has 1 aromatic heterocycles. The lowest BCUT2D eigenvalue weighted by Gasteiger charge is -2.12. The Morgan fingerprint density at radius 2 is 1.62 bits per heavy atom. The van der Waals surface area contributed by atoms with Gasteiger partial charge in [0.1, 0.15) is 24.3 Å². The number of hydrogen-bond donors (Lipinski definition) is 0. The number of nitrogens with zero attached hydrogens (tertiary/aromatic N) is 2. The number of benzene rings is 2. The number of ether oxygens (including phenoxy) is 2. The van der Waals surface area contributed by atoms with Crippen LogP contribution in [0.15, 0.2) is 72.9 Å². The Bertz CT molecular complexity index is 837. The van der Waals surface area contributed by atoms with Crippen molar-refractivity contribution in [2.75, 3.05) is 0 Å². The summed E-state index contributed by atoms with van der Waals surface area (Å²) in [5, 5.41) is 11.0. The number of rotatable bonds is 6. The van der Waals surface area contributed by atoms with E-state index >= 15 is 0 Å². The molecule has 0 aliphatic heterocycles. The van der Waals surface area contributed by atoms with E-state index in [1.165, 1.54) is 12.3 Å². The minimum atomic E-state index is -0.568. The molecule has 0 aliphatic rings. The molecule has 0 aliphatic carbocycles. The van der Waals surface area contributed by atoms with E-state index in [1.54, 1.807) is 6.07 Å². The molecule has 24 heavy (non-hydrogen) atoms. The first kappa shape index (κ1) is 15.5. The van der Waals surface area contributed by atoms with E-state index in [4.69, 9.17) is 9.47 Å². The highest BCUT2D eigenvalue weighted by atomic mass is 16.6. The molecular weight excluding hydrogens is 308 g/mol. The molecule has 0 saturated heterocycles. The molecule has 0 unspecified atom stereocenters. The fourth-order valence-electron chi connectivity index (χ4n) is 2.13. The van der Waals surface area contributed by atoms with Crippen LogP contribution in [0.3, 0.4) is 0 Å². The number of para-hydroxylation sites is 2. The van der Waals surface area contributed by atoms with Crippen LogP contribution in [0.25, 0.3) is 0 Å². The van der Waals surface area contributed by atoms with Gasteiger partial charge in [0.05, 0.1) is 0 Å². The highest BCUT2D eigenvalue weighted by Crippen LogP contribution is 2.28. The first-order valence-electron chi connectivity index (χ1n) is 7.27. The van der Waals surface area contributed by atoms with Gasteiger partial charge in [0.15, 0.2) is 0 Å². The summed E-state index contributed by atoms with van der Waals surface area (Å²) in [4.78, 5) is 14.1. The number of hydrogen-bond acceptors (Lipinski definition) is 5. The Balaban J connectivity index is 1.78. The first-order chi connectivity index (χ1) is 11.7. The van der Waals surface area contributed by atoms with Crippen LogP contribution in [0, 0.1) is 10.1 Å². The zero-order valence-electron chi connectivity index (χ0n) is 12.7. The van der Waals surface area contributed by atoms with Crippen molar-refractivity contribution in [2.24, 2.45) is 0 Å². The summed E-state index contributed by atoms with van der Waals surface area (Å²) in [5.41, 5.74) is 0.777. The Hall–Kier alpha value is -3.41. The van der Waals surface area contributed by atoms with Gasteiger partial charge in [-0.3, -0.25) is 0 Å². The minimum Gasteiger partial charge on any atom is -0.481 e. The van der Waals surface area contributed by atoms with E-state index < -0.39 is 4.92 Å². The topological polar surface area (TPSA) is 74.5 Å². The molecule has 120 valence electrons. The molecule has 0 fully saturated rings. The lowest BCUT2D eigenvalue weighted by molar-refractivity contribution is -0.390. The van der Waals surface area contributed by atoms with Crippen molar-refractivity contribution in [3.05, 3.63) is 88.6 Å². The van der Waals surface area contributed by atoms with Crippen LogP contribution in [0.4, 0.5) is 5.82 Å². The summed E-state index contributed by atoms with van der Waals surface area (Å²) in [6.45, 7) is 0.134. The van der Waals surface area contributed by atoms with Gasteiger partial charge in [-0.25, -0.2) is 0 Å². The minimum absolute atomic E-state index is 0.122. The number of pyridine rings is 1.